The van der Waals surface area contributed by atoms with Crippen LogP contribution in [0.15, 0.2) is 48.7 Å². The van der Waals surface area contributed by atoms with E-state index in [1.54, 1.807) is 6.20 Å². The molecule has 1 aromatic carbocycles. The first-order valence-electron chi connectivity index (χ1n) is 10.2. The third-order valence-electron chi connectivity index (χ3n) is 4.59. The number of hydrogen-bond acceptors (Lipinski definition) is 3. The van der Waals surface area contributed by atoms with Gasteiger partial charge < -0.3 is 5.32 Å². The molecule has 1 unspecified atom stereocenters. The Morgan fingerprint density at radius 1 is 0.967 bits per heavy atom. The Labute approximate surface area is 181 Å². The molecule has 2 aromatic heterocycles. The monoisotopic (exact) mass is 422 g/mol. The average Bonchev–Trinajstić information content (AvgIpc) is 3.17. The summed E-state index contributed by atoms with van der Waals surface area (Å²) in [5.74, 6) is -0.110. The molecule has 5 nitrogen and oxygen atoms in total. The Hall–Kier alpha value is -2.52. The third kappa shape index (κ3) is 5.14. The predicted octanol–water partition coefficient (Wildman–Crippen LogP) is 4.83. The van der Waals surface area contributed by atoms with Crippen LogP contribution in [0.2, 0.25) is 0 Å². The van der Waals surface area contributed by atoms with Crippen molar-refractivity contribution in [2.24, 2.45) is 0 Å². The zero-order chi connectivity index (χ0) is 22.1. The number of nitrogens with one attached hydrogen (secondary N) is 1. The highest BCUT2D eigenvalue weighted by molar-refractivity contribution is 7.46. The molecular weight excluding hydrogens is 391 g/mol. The van der Waals surface area contributed by atoms with Gasteiger partial charge in [-0.2, -0.15) is 5.10 Å². The van der Waals surface area contributed by atoms with Crippen molar-refractivity contribution >= 4 is 19.8 Å². The van der Waals surface area contributed by atoms with E-state index in [1.165, 1.54) is 5.30 Å². The number of rotatable bonds is 4. The van der Waals surface area contributed by atoms with Crippen molar-refractivity contribution in [1.82, 2.24) is 20.1 Å². The Balaban J connectivity index is 2.16. The molecule has 3 aromatic rings. The molecule has 2 heterocycles. The molecular formula is C24H31N4OP. The van der Waals surface area contributed by atoms with Crippen LogP contribution in [0.25, 0.3) is 22.6 Å². The average molecular weight is 423 g/mol. The van der Waals surface area contributed by atoms with E-state index in [2.05, 4.69) is 62.1 Å². The fourth-order valence-electron chi connectivity index (χ4n) is 3.19. The van der Waals surface area contributed by atoms with Crippen LogP contribution in [0.3, 0.4) is 0 Å². The second-order valence-corrected chi connectivity index (χ2v) is 10.5. The minimum absolute atomic E-state index is 0.110. The predicted molar refractivity (Wildman–Crippen MR) is 127 cm³/mol. The molecule has 6 heteroatoms. The molecule has 0 spiro atoms. The fourth-order valence-corrected chi connectivity index (χ4v) is 3.69. The van der Waals surface area contributed by atoms with Gasteiger partial charge in [-0.05, 0) is 71.7 Å². The van der Waals surface area contributed by atoms with Gasteiger partial charge in [0.2, 0.25) is 0 Å². The van der Waals surface area contributed by atoms with Gasteiger partial charge in [0.25, 0.3) is 5.91 Å². The molecule has 0 radical (unpaired) electrons. The first kappa shape index (κ1) is 22.2. The maximum absolute atomic E-state index is 13.0. The summed E-state index contributed by atoms with van der Waals surface area (Å²) in [6.45, 7) is 14.4. The lowest BCUT2D eigenvalue weighted by Gasteiger charge is -2.23. The summed E-state index contributed by atoms with van der Waals surface area (Å²) >= 11 is 0. The number of benzene rings is 1. The van der Waals surface area contributed by atoms with Crippen LogP contribution in [0.5, 0.6) is 0 Å². The maximum Gasteiger partial charge on any atom is 0.251 e. The van der Waals surface area contributed by atoms with Crippen molar-refractivity contribution in [3.05, 3.63) is 54.2 Å². The van der Waals surface area contributed by atoms with Gasteiger partial charge in [0.1, 0.15) is 0 Å². The van der Waals surface area contributed by atoms with E-state index in [1.807, 2.05) is 43.7 Å². The molecule has 0 aliphatic heterocycles. The number of hydrogen-bond donors (Lipinski definition) is 1. The Morgan fingerprint density at radius 2 is 1.60 bits per heavy atom. The summed E-state index contributed by atoms with van der Waals surface area (Å²) in [5.41, 5.74) is 3.46. The van der Waals surface area contributed by atoms with Crippen LogP contribution in [0.1, 0.15) is 51.9 Å². The normalized spacial score (nSPS) is 12.5. The summed E-state index contributed by atoms with van der Waals surface area (Å²) in [6.07, 6.45) is 1.78. The number of amides is 1. The van der Waals surface area contributed by atoms with Crippen molar-refractivity contribution in [3.8, 4) is 22.6 Å². The topological polar surface area (TPSA) is 59.8 Å². The summed E-state index contributed by atoms with van der Waals surface area (Å²) in [7, 11) is 0.746. The van der Waals surface area contributed by atoms with Gasteiger partial charge in [-0.3, -0.25) is 9.48 Å². The van der Waals surface area contributed by atoms with Gasteiger partial charge in [0.05, 0.1) is 22.6 Å². The number of nitrogens with zero attached hydrogens (tertiary/aromatic N) is 3. The van der Waals surface area contributed by atoms with Crippen LogP contribution < -0.4 is 10.6 Å². The van der Waals surface area contributed by atoms with Gasteiger partial charge in [-0.1, -0.05) is 32.8 Å². The number of aromatic nitrogens is 3. The van der Waals surface area contributed by atoms with Gasteiger partial charge in [-0.15, -0.1) is 0 Å². The van der Waals surface area contributed by atoms with E-state index in [9.17, 15) is 4.79 Å². The highest BCUT2D eigenvalue weighted by Crippen LogP contribution is 2.28. The zero-order valence-corrected chi connectivity index (χ0v) is 19.9. The molecule has 0 bridgehead atoms. The molecule has 0 fully saturated rings. The third-order valence-corrected chi connectivity index (χ3v) is 5.50. The van der Waals surface area contributed by atoms with Crippen LogP contribution in [-0.4, -0.2) is 32.9 Å². The van der Waals surface area contributed by atoms with E-state index in [0.717, 1.165) is 31.2 Å². The summed E-state index contributed by atoms with van der Waals surface area (Å²) < 4.78 is 1.95. The standard InChI is InChI=1S/C24H31N4OP/c1-23(2,3)27-22(29)17-14-19(16-8-10-18(30-7)11-9-16)26-20(15-17)21-12-13-25-28(21)24(4,5)6/h8-15,30H,1-7H3,(H,27,29). The van der Waals surface area contributed by atoms with E-state index >= 15 is 0 Å². The summed E-state index contributed by atoms with van der Waals surface area (Å²) in [6, 6.07) is 14.1. The Kier molecular flexibility index (Phi) is 6.14. The summed E-state index contributed by atoms with van der Waals surface area (Å²) in [4.78, 5) is 17.9. The van der Waals surface area contributed by atoms with Gasteiger partial charge in [0, 0.05) is 22.9 Å². The van der Waals surface area contributed by atoms with E-state index < -0.39 is 0 Å². The minimum Gasteiger partial charge on any atom is -0.347 e. The van der Waals surface area contributed by atoms with Crippen LogP contribution in [-0.2, 0) is 5.54 Å². The molecule has 1 atom stereocenters. The highest BCUT2D eigenvalue weighted by Gasteiger charge is 2.22. The van der Waals surface area contributed by atoms with Crippen molar-refractivity contribution in [2.75, 3.05) is 6.66 Å². The highest BCUT2D eigenvalue weighted by atomic mass is 31.1. The molecule has 158 valence electrons. The van der Waals surface area contributed by atoms with Gasteiger partial charge in [0.15, 0.2) is 0 Å². The molecule has 1 amide bonds. The lowest BCUT2D eigenvalue weighted by Crippen LogP contribution is -2.40. The van der Waals surface area contributed by atoms with Crippen molar-refractivity contribution in [2.45, 2.75) is 52.6 Å². The lowest BCUT2D eigenvalue weighted by atomic mass is 10.0. The number of pyridine rings is 1. The van der Waals surface area contributed by atoms with Crippen LogP contribution >= 0.6 is 8.58 Å². The van der Waals surface area contributed by atoms with Crippen molar-refractivity contribution < 1.29 is 4.79 Å². The van der Waals surface area contributed by atoms with E-state index in [0.29, 0.717) is 5.56 Å². The van der Waals surface area contributed by atoms with Crippen molar-refractivity contribution in [1.29, 1.82) is 0 Å². The first-order valence-corrected chi connectivity index (χ1v) is 11.7. The number of carbonyl (C=O) groups excluding carboxylic acids is 1. The van der Waals surface area contributed by atoms with Crippen molar-refractivity contribution in [3.63, 3.8) is 0 Å². The fraction of sp³-hybridized carbons (Fsp3) is 0.375. The van der Waals surface area contributed by atoms with Crippen LogP contribution in [0.4, 0.5) is 0 Å². The molecule has 1 N–H and O–H groups in total. The molecule has 0 saturated carbocycles. The largest absolute Gasteiger partial charge is 0.347 e. The smallest absolute Gasteiger partial charge is 0.251 e. The molecule has 0 aliphatic rings. The number of carbonyl (C=O) groups is 1. The SMILES string of the molecule is CPc1ccc(-c2cc(C(=O)NC(C)(C)C)cc(-c3ccnn3C(C)(C)C)n2)cc1. The van der Waals surface area contributed by atoms with E-state index in [-0.39, 0.29) is 17.0 Å². The summed E-state index contributed by atoms with van der Waals surface area (Å²) in [5, 5.41) is 8.86. The molecule has 3 rings (SSSR count). The van der Waals surface area contributed by atoms with E-state index in [4.69, 9.17) is 4.98 Å². The second kappa shape index (κ2) is 8.31. The quantitative estimate of drug-likeness (QED) is 0.613. The van der Waals surface area contributed by atoms with Gasteiger partial charge >= 0.3 is 0 Å². The van der Waals surface area contributed by atoms with Gasteiger partial charge in [-0.25, -0.2) is 4.98 Å². The van der Waals surface area contributed by atoms with Crippen LogP contribution in [0, 0.1) is 0 Å². The molecule has 30 heavy (non-hydrogen) atoms. The Bertz CT molecular complexity index is 1040. The minimum atomic E-state index is -0.322. The second-order valence-electron chi connectivity index (χ2n) is 9.46. The zero-order valence-electron chi connectivity index (χ0n) is 18.9. The Morgan fingerprint density at radius 3 is 2.17 bits per heavy atom. The molecule has 0 aliphatic carbocycles. The molecule has 0 saturated heterocycles. The lowest BCUT2D eigenvalue weighted by molar-refractivity contribution is 0.0919. The first-order chi connectivity index (χ1) is 14.0. The maximum atomic E-state index is 13.0.